The van der Waals surface area contributed by atoms with E-state index < -0.39 is 0 Å². The molecule has 0 N–H and O–H groups in total. The molecule has 1 unspecified atom stereocenters. The standard InChI is InChI=1S/C20H28N2O3/c23-19(21-11-8-17(9-12-21)20-24-13-14-25-20)18-7-4-10-22(18)15-16-5-2-1-3-6-16/h1-3,5-6,17-18,20H,4,7-15H2. The molecule has 0 aliphatic carbocycles. The number of ether oxygens (including phenoxy) is 2. The van der Waals surface area contributed by atoms with E-state index in [1.54, 1.807) is 0 Å². The zero-order valence-electron chi connectivity index (χ0n) is 14.8. The highest BCUT2D eigenvalue weighted by molar-refractivity contribution is 5.82. The van der Waals surface area contributed by atoms with E-state index in [1.165, 1.54) is 5.56 Å². The van der Waals surface area contributed by atoms with Gasteiger partial charge in [0, 0.05) is 25.6 Å². The first kappa shape index (κ1) is 17.0. The van der Waals surface area contributed by atoms with E-state index in [0.29, 0.717) is 25.0 Å². The Morgan fingerprint density at radius 1 is 1.00 bits per heavy atom. The van der Waals surface area contributed by atoms with Gasteiger partial charge in [-0.25, -0.2) is 0 Å². The molecule has 0 radical (unpaired) electrons. The summed E-state index contributed by atoms with van der Waals surface area (Å²) in [7, 11) is 0. The van der Waals surface area contributed by atoms with E-state index in [1.807, 2.05) is 6.07 Å². The van der Waals surface area contributed by atoms with Crippen molar-refractivity contribution in [3.63, 3.8) is 0 Å². The quantitative estimate of drug-likeness (QED) is 0.840. The molecule has 4 rings (SSSR count). The molecule has 0 bridgehead atoms. The van der Waals surface area contributed by atoms with E-state index in [9.17, 15) is 4.79 Å². The number of carbonyl (C=O) groups excluding carboxylic acids is 1. The van der Waals surface area contributed by atoms with Gasteiger partial charge in [-0.3, -0.25) is 9.69 Å². The molecular weight excluding hydrogens is 316 g/mol. The third-order valence-corrected chi connectivity index (χ3v) is 5.76. The minimum Gasteiger partial charge on any atom is -0.350 e. The maximum Gasteiger partial charge on any atom is 0.239 e. The van der Waals surface area contributed by atoms with Crippen LogP contribution in [0.5, 0.6) is 0 Å². The Morgan fingerprint density at radius 3 is 2.44 bits per heavy atom. The van der Waals surface area contributed by atoms with Crippen LogP contribution in [0, 0.1) is 5.92 Å². The van der Waals surface area contributed by atoms with Gasteiger partial charge in [-0.05, 0) is 37.8 Å². The predicted molar refractivity (Wildman–Crippen MR) is 94.9 cm³/mol. The molecule has 25 heavy (non-hydrogen) atoms. The maximum atomic E-state index is 13.1. The molecule has 1 aromatic carbocycles. The number of piperidine rings is 1. The molecule has 3 aliphatic heterocycles. The lowest BCUT2D eigenvalue weighted by molar-refractivity contribution is -0.141. The number of hydrogen-bond donors (Lipinski definition) is 0. The normalized spacial score (nSPS) is 26.4. The molecular formula is C20H28N2O3. The molecule has 3 fully saturated rings. The smallest absolute Gasteiger partial charge is 0.239 e. The maximum absolute atomic E-state index is 13.1. The van der Waals surface area contributed by atoms with Gasteiger partial charge in [0.15, 0.2) is 6.29 Å². The summed E-state index contributed by atoms with van der Waals surface area (Å²) in [6.45, 7) is 4.98. The number of benzene rings is 1. The van der Waals surface area contributed by atoms with Crippen molar-refractivity contribution >= 4 is 5.91 Å². The molecule has 1 atom stereocenters. The summed E-state index contributed by atoms with van der Waals surface area (Å²) >= 11 is 0. The second-order valence-corrected chi connectivity index (χ2v) is 7.39. The van der Waals surface area contributed by atoms with Crippen LogP contribution in [0.2, 0.25) is 0 Å². The van der Waals surface area contributed by atoms with Gasteiger partial charge in [0.1, 0.15) is 0 Å². The first-order valence-electron chi connectivity index (χ1n) is 9.61. The lowest BCUT2D eigenvalue weighted by Gasteiger charge is -2.36. The van der Waals surface area contributed by atoms with Gasteiger partial charge < -0.3 is 14.4 Å². The van der Waals surface area contributed by atoms with E-state index in [-0.39, 0.29) is 12.3 Å². The zero-order chi connectivity index (χ0) is 17.1. The average molecular weight is 344 g/mol. The van der Waals surface area contributed by atoms with Gasteiger partial charge in [0.05, 0.1) is 19.3 Å². The zero-order valence-corrected chi connectivity index (χ0v) is 14.8. The summed E-state index contributed by atoms with van der Waals surface area (Å²) in [6, 6.07) is 10.5. The summed E-state index contributed by atoms with van der Waals surface area (Å²) in [5.74, 6) is 0.760. The van der Waals surface area contributed by atoms with Gasteiger partial charge in [-0.15, -0.1) is 0 Å². The fourth-order valence-electron chi connectivity index (χ4n) is 4.36. The van der Waals surface area contributed by atoms with Crippen molar-refractivity contribution in [2.45, 2.75) is 44.6 Å². The van der Waals surface area contributed by atoms with Crippen LogP contribution < -0.4 is 0 Å². The number of likely N-dealkylation sites (tertiary alicyclic amines) is 2. The van der Waals surface area contributed by atoms with Crippen LogP contribution in [0.1, 0.15) is 31.2 Å². The van der Waals surface area contributed by atoms with Crippen molar-refractivity contribution < 1.29 is 14.3 Å². The third-order valence-electron chi connectivity index (χ3n) is 5.76. The predicted octanol–water partition coefficient (Wildman–Crippen LogP) is 2.26. The summed E-state index contributed by atoms with van der Waals surface area (Å²) in [6.07, 6.45) is 4.03. The molecule has 3 saturated heterocycles. The van der Waals surface area contributed by atoms with Crippen LogP contribution in [-0.2, 0) is 20.8 Å². The Labute approximate surface area is 149 Å². The molecule has 1 aromatic rings. The van der Waals surface area contributed by atoms with Gasteiger partial charge in [-0.2, -0.15) is 0 Å². The molecule has 5 nitrogen and oxygen atoms in total. The number of rotatable bonds is 4. The topological polar surface area (TPSA) is 42.0 Å². The minimum atomic E-state index is -0.0432. The summed E-state index contributed by atoms with van der Waals surface area (Å²) < 4.78 is 11.3. The molecule has 0 saturated carbocycles. The highest BCUT2D eigenvalue weighted by Gasteiger charge is 2.37. The van der Waals surface area contributed by atoms with Crippen LogP contribution in [0.3, 0.4) is 0 Å². The molecule has 0 spiro atoms. The fraction of sp³-hybridized carbons (Fsp3) is 0.650. The van der Waals surface area contributed by atoms with Crippen LogP contribution in [0.4, 0.5) is 0 Å². The first-order chi connectivity index (χ1) is 12.3. The largest absolute Gasteiger partial charge is 0.350 e. The van der Waals surface area contributed by atoms with E-state index in [2.05, 4.69) is 34.1 Å². The first-order valence-corrected chi connectivity index (χ1v) is 9.61. The van der Waals surface area contributed by atoms with Gasteiger partial charge >= 0.3 is 0 Å². The van der Waals surface area contributed by atoms with E-state index in [0.717, 1.165) is 51.9 Å². The van der Waals surface area contributed by atoms with Crippen molar-refractivity contribution in [1.29, 1.82) is 0 Å². The van der Waals surface area contributed by atoms with Crippen molar-refractivity contribution in [3.8, 4) is 0 Å². The van der Waals surface area contributed by atoms with Crippen LogP contribution in [0.25, 0.3) is 0 Å². The lowest BCUT2D eigenvalue weighted by atomic mass is 9.95. The Balaban J connectivity index is 1.32. The van der Waals surface area contributed by atoms with Crippen LogP contribution >= 0.6 is 0 Å². The lowest BCUT2D eigenvalue weighted by Crippen LogP contribution is -2.49. The molecule has 1 amide bonds. The average Bonchev–Trinajstić information content (AvgIpc) is 3.34. The van der Waals surface area contributed by atoms with Crippen molar-refractivity contribution in [2.24, 2.45) is 5.92 Å². The number of hydrogen-bond acceptors (Lipinski definition) is 4. The van der Waals surface area contributed by atoms with Crippen molar-refractivity contribution in [2.75, 3.05) is 32.8 Å². The third kappa shape index (κ3) is 3.89. The fourth-order valence-corrected chi connectivity index (χ4v) is 4.36. The van der Waals surface area contributed by atoms with Gasteiger partial charge in [0.25, 0.3) is 0 Å². The van der Waals surface area contributed by atoms with E-state index >= 15 is 0 Å². The molecule has 0 aromatic heterocycles. The number of amides is 1. The summed E-state index contributed by atoms with van der Waals surface area (Å²) in [5, 5.41) is 0. The second-order valence-electron chi connectivity index (χ2n) is 7.39. The Morgan fingerprint density at radius 2 is 1.72 bits per heavy atom. The Bertz CT molecular complexity index is 566. The Hall–Kier alpha value is -1.43. The molecule has 3 heterocycles. The Kier molecular flexibility index (Phi) is 5.34. The van der Waals surface area contributed by atoms with Crippen LogP contribution in [-0.4, -0.2) is 60.9 Å². The minimum absolute atomic E-state index is 0.0432. The van der Waals surface area contributed by atoms with Crippen LogP contribution in [0.15, 0.2) is 30.3 Å². The van der Waals surface area contributed by atoms with Gasteiger partial charge in [0.2, 0.25) is 5.91 Å². The van der Waals surface area contributed by atoms with Crippen molar-refractivity contribution in [3.05, 3.63) is 35.9 Å². The number of nitrogens with zero attached hydrogens (tertiary/aromatic N) is 2. The highest BCUT2D eigenvalue weighted by atomic mass is 16.7. The van der Waals surface area contributed by atoms with Gasteiger partial charge in [-0.1, -0.05) is 30.3 Å². The second kappa shape index (κ2) is 7.85. The monoisotopic (exact) mass is 344 g/mol. The molecule has 136 valence electrons. The summed E-state index contributed by atoms with van der Waals surface area (Å²) in [5.41, 5.74) is 1.29. The molecule has 5 heteroatoms. The molecule has 3 aliphatic rings. The highest BCUT2D eigenvalue weighted by Crippen LogP contribution is 2.28. The number of carbonyl (C=O) groups is 1. The summed E-state index contributed by atoms with van der Waals surface area (Å²) in [4.78, 5) is 17.5. The SMILES string of the molecule is O=C(C1CCCN1Cc1ccccc1)N1CCC(C2OCCO2)CC1. The van der Waals surface area contributed by atoms with Crippen molar-refractivity contribution in [1.82, 2.24) is 9.80 Å². The van der Waals surface area contributed by atoms with E-state index in [4.69, 9.17) is 9.47 Å².